The summed E-state index contributed by atoms with van der Waals surface area (Å²) in [5.41, 5.74) is 2.12. The summed E-state index contributed by atoms with van der Waals surface area (Å²) in [5, 5.41) is 3.12. The first-order chi connectivity index (χ1) is 8.58. The summed E-state index contributed by atoms with van der Waals surface area (Å²) in [6, 6.07) is 4.03. The topological polar surface area (TPSA) is 30.5 Å². The molecule has 0 bridgehead atoms. The van der Waals surface area contributed by atoms with Gasteiger partial charge in [0.05, 0.1) is 11.1 Å². The van der Waals surface area contributed by atoms with Crippen molar-refractivity contribution in [3.05, 3.63) is 34.3 Å². The van der Waals surface area contributed by atoms with E-state index in [1.54, 1.807) is 0 Å². The third kappa shape index (κ3) is 4.35. The lowest BCUT2D eigenvalue weighted by Gasteiger charge is -2.15. The molecule has 0 heterocycles. The van der Waals surface area contributed by atoms with Gasteiger partial charge < -0.3 is 14.8 Å². The Bertz CT molecular complexity index is 419. The molecule has 100 valence electrons. The van der Waals surface area contributed by atoms with Crippen LogP contribution in [-0.2, 0) is 6.54 Å². The third-order valence-corrected chi connectivity index (χ3v) is 2.80. The fraction of sp³-hybridized carbons (Fsp3) is 0.429. The standard InChI is InChI=1S/C14H20BrNO2/c1-5-17-13-7-11(8-16-4)6-12(15)14(13)18-9-10(2)3/h6-7,16H,2,5,8-9H2,1,3-4H3. The maximum atomic E-state index is 5.72. The molecule has 1 N–H and O–H groups in total. The van der Waals surface area contributed by atoms with Crippen molar-refractivity contribution in [1.82, 2.24) is 5.32 Å². The maximum Gasteiger partial charge on any atom is 0.175 e. The van der Waals surface area contributed by atoms with Gasteiger partial charge in [-0.05, 0) is 60.1 Å². The van der Waals surface area contributed by atoms with Crippen LogP contribution in [0.5, 0.6) is 11.5 Å². The van der Waals surface area contributed by atoms with E-state index < -0.39 is 0 Å². The Morgan fingerprint density at radius 2 is 2.11 bits per heavy atom. The summed E-state index contributed by atoms with van der Waals surface area (Å²) < 4.78 is 12.3. The molecule has 0 amide bonds. The molecule has 0 aromatic heterocycles. The van der Waals surface area contributed by atoms with E-state index in [9.17, 15) is 0 Å². The zero-order valence-electron chi connectivity index (χ0n) is 11.2. The van der Waals surface area contributed by atoms with Crippen LogP contribution < -0.4 is 14.8 Å². The van der Waals surface area contributed by atoms with E-state index in [0.29, 0.717) is 13.2 Å². The summed E-state index contributed by atoms with van der Waals surface area (Å²) >= 11 is 3.53. The molecular formula is C14H20BrNO2. The molecular weight excluding hydrogens is 294 g/mol. The van der Waals surface area contributed by atoms with Crippen LogP contribution in [0.2, 0.25) is 0 Å². The van der Waals surface area contributed by atoms with Gasteiger partial charge in [-0.3, -0.25) is 0 Å². The van der Waals surface area contributed by atoms with Gasteiger partial charge in [0.25, 0.3) is 0 Å². The van der Waals surface area contributed by atoms with Crippen LogP contribution >= 0.6 is 15.9 Å². The number of hydrogen-bond donors (Lipinski definition) is 1. The summed E-state index contributed by atoms with van der Waals surface area (Å²) in [5.74, 6) is 1.50. The predicted octanol–water partition coefficient (Wildman–Crippen LogP) is 3.52. The fourth-order valence-corrected chi connectivity index (χ4v) is 2.13. The average Bonchev–Trinajstić information content (AvgIpc) is 2.28. The van der Waals surface area contributed by atoms with Gasteiger partial charge in [-0.25, -0.2) is 0 Å². The van der Waals surface area contributed by atoms with E-state index in [0.717, 1.165) is 33.7 Å². The molecule has 1 aromatic rings. The Hall–Kier alpha value is -1.00. The highest BCUT2D eigenvalue weighted by molar-refractivity contribution is 9.10. The molecule has 18 heavy (non-hydrogen) atoms. The second-order valence-corrected chi connectivity index (χ2v) is 4.97. The molecule has 0 radical (unpaired) electrons. The van der Waals surface area contributed by atoms with Gasteiger partial charge in [0.1, 0.15) is 6.61 Å². The molecule has 3 nitrogen and oxygen atoms in total. The normalized spacial score (nSPS) is 10.2. The molecule has 0 saturated carbocycles. The Morgan fingerprint density at radius 3 is 2.67 bits per heavy atom. The summed E-state index contributed by atoms with van der Waals surface area (Å²) in [6.45, 7) is 9.62. The summed E-state index contributed by atoms with van der Waals surface area (Å²) in [7, 11) is 1.92. The maximum absolute atomic E-state index is 5.72. The molecule has 0 aliphatic rings. The van der Waals surface area contributed by atoms with Gasteiger partial charge in [0.15, 0.2) is 11.5 Å². The Kier molecular flexibility index (Phi) is 6.22. The van der Waals surface area contributed by atoms with Crippen molar-refractivity contribution in [2.45, 2.75) is 20.4 Å². The molecule has 0 atom stereocenters. The minimum Gasteiger partial charge on any atom is -0.490 e. The molecule has 4 heteroatoms. The van der Waals surface area contributed by atoms with E-state index >= 15 is 0 Å². The molecule has 0 unspecified atom stereocenters. The largest absolute Gasteiger partial charge is 0.490 e. The average molecular weight is 314 g/mol. The zero-order valence-corrected chi connectivity index (χ0v) is 12.8. The minimum atomic E-state index is 0.490. The van der Waals surface area contributed by atoms with Crippen LogP contribution in [0.25, 0.3) is 0 Å². The van der Waals surface area contributed by atoms with Gasteiger partial charge in [-0.15, -0.1) is 0 Å². The molecule has 0 aliphatic heterocycles. The van der Waals surface area contributed by atoms with Crippen molar-refractivity contribution < 1.29 is 9.47 Å². The van der Waals surface area contributed by atoms with E-state index in [4.69, 9.17) is 9.47 Å². The van der Waals surface area contributed by atoms with E-state index in [1.165, 1.54) is 0 Å². The molecule has 1 rings (SSSR count). The van der Waals surface area contributed by atoms with Crippen molar-refractivity contribution in [1.29, 1.82) is 0 Å². The third-order valence-electron chi connectivity index (χ3n) is 2.21. The van der Waals surface area contributed by atoms with Gasteiger partial charge >= 0.3 is 0 Å². The highest BCUT2D eigenvalue weighted by Gasteiger charge is 2.12. The van der Waals surface area contributed by atoms with Gasteiger partial charge in [0.2, 0.25) is 0 Å². The minimum absolute atomic E-state index is 0.490. The van der Waals surface area contributed by atoms with Crippen molar-refractivity contribution >= 4 is 15.9 Å². The second-order valence-electron chi connectivity index (χ2n) is 4.11. The SMILES string of the molecule is C=C(C)COc1c(Br)cc(CNC)cc1OCC. The van der Waals surface area contributed by atoms with Gasteiger partial charge in [-0.2, -0.15) is 0 Å². The van der Waals surface area contributed by atoms with Crippen LogP contribution in [0.3, 0.4) is 0 Å². The number of benzene rings is 1. The lowest BCUT2D eigenvalue weighted by Crippen LogP contribution is -2.07. The predicted molar refractivity (Wildman–Crippen MR) is 78.4 cm³/mol. The zero-order chi connectivity index (χ0) is 13.5. The Morgan fingerprint density at radius 1 is 1.39 bits per heavy atom. The fourth-order valence-electron chi connectivity index (χ4n) is 1.53. The van der Waals surface area contributed by atoms with Crippen LogP contribution in [0, 0.1) is 0 Å². The van der Waals surface area contributed by atoms with Gasteiger partial charge in [0, 0.05) is 6.54 Å². The van der Waals surface area contributed by atoms with E-state index in [1.807, 2.05) is 33.0 Å². The highest BCUT2D eigenvalue weighted by atomic mass is 79.9. The number of nitrogens with one attached hydrogen (secondary N) is 1. The van der Waals surface area contributed by atoms with Crippen molar-refractivity contribution in [2.24, 2.45) is 0 Å². The first kappa shape index (κ1) is 15.1. The monoisotopic (exact) mass is 313 g/mol. The molecule has 1 aromatic carbocycles. The van der Waals surface area contributed by atoms with E-state index in [2.05, 4.69) is 27.8 Å². The number of ether oxygens (including phenoxy) is 2. The number of hydrogen-bond acceptors (Lipinski definition) is 3. The molecule has 0 fully saturated rings. The van der Waals surface area contributed by atoms with Crippen molar-refractivity contribution in [2.75, 3.05) is 20.3 Å². The molecule has 0 saturated heterocycles. The first-order valence-corrected chi connectivity index (χ1v) is 6.74. The van der Waals surface area contributed by atoms with Crippen LogP contribution in [0.1, 0.15) is 19.4 Å². The smallest absolute Gasteiger partial charge is 0.175 e. The second kappa shape index (κ2) is 7.44. The van der Waals surface area contributed by atoms with Gasteiger partial charge in [-0.1, -0.05) is 6.58 Å². The van der Waals surface area contributed by atoms with Crippen molar-refractivity contribution in [3.8, 4) is 11.5 Å². The summed E-state index contributed by atoms with van der Waals surface area (Å²) in [4.78, 5) is 0. The van der Waals surface area contributed by atoms with Crippen molar-refractivity contribution in [3.63, 3.8) is 0 Å². The molecule has 0 aliphatic carbocycles. The Labute approximate surface area is 117 Å². The molecule has 0 spiro atoms. The number of rotatable bonds is 7. The first-order valence-electron chi connectivity index (χ1n) is 5.95. The number of halogens is 1. The highest BCUT2D eigenvalue weighted by Crippen LogP contribution is 2.37. The lowest BCUT2D eigenvalue weighted by atomic mass is 10.2. The quantitative estimate of drug-likeness (QED) is 0.781. The van der Waals surface area contributed by atoms with Crippen LogP contribution in [0.15, 0.2) is 28.8 Å². The Balaban J connectivity index is 3.01. The van der Waals surface area contributed by atoms with Crippen LogP contribution in [-0.4, -0.2) is 20.3 Å². The summed E-state index contributed by atoms with van der Waals surface area (Å²) in [6.07, 6.45) is 0. The van der Waals surface area contributed by atoms with Crippen LogP contribution in [0.4, 0.5) is 0 Å². The lowest BCUT2D eigenvalue weighted by molar-refractivity contribution is 0.291. The van der Waals surface area contributed by atoms with E-state index in [-0.39, 0.29) is 0 Å².